The Balaban J connectivity index is 1.41. The van der Waals surface area contributed by atoms with Crippen molar-refractivity contribution in [3.8, 4) is 16.9 Å². The second kappa shape index (κ2) is 9.10. The molecule has 2 aromatic carbocycles. The highest BCUT2D eigenvalue weighted by molar-refractivity contribution is 7.89. The SMILES string of the molecule is COc1ccccc1-c1cnc(NC(=O)Cc2ccc(S(=O)(=O)NC3CC3)cc2)cc1C. The smallest absolute Gasteiger partial charge is 0.240 e. The molecule has 7 nitrogen and oxygen atoms in total. The molecule has 1 fully saturated rings. The molecule has 1 aliphatic rings. The summed E-state index contributed by atoms with van der Waals surface area (Å²) in [6, 6.07) is 15.9. The number of hydrogen-bond donors (Lipinski definition) is 2. The van der Waals surface area contributed by atoms with Crippen molar-refractivity contribution in [2.24, 2.45) is 0 Å². The fourth-order valence-electron chi connectivity index (χ4n) is 3.42. The average molecular weight is 452 g/mol. The van der Waals surface area contributed by atoms with Gasteiger partial charge in [-0.1, -0.05) is 30.3 Å². The van der Waals surface area contributed by atoms with Crippen LogP contribution >= 0.6 is 0 Å². The maximum atomic E-state index is 12.5. The van der Waals surface area contributed by atoms with E-state index in [1.54, 1.807) is 25.4 Å². The van der Waals surface area contributed by atoms with Crippen LogP contribution in [0.25, 0.3) is 11.1 Å². The molecule has 0 radical (unpaired) electrons. The van der Waals surface area contributed by atoms with Gasteiger partial charge >= 0.3 is 0 Å². The Kier molecular flexibility index (Phi) is 6.25. The van der Waals surface area contributed by atoms with Crippen LogP contribution in [0.5, 0.6) is 5.75 Å². The molecule has 4 rings (SSSR count). The van der Waals surface area contributed by atoms with E-state index in [4.69, 9.17) is 4.74 Å². The van der Waals surface area contributed by atoms with Gasteiger partial charge in [-0.05, 0) is 55.2 Å². The molecule has 166 valence electrons. The maximum absolute atomic E-state index is 12.5. The van der Waals surface area contributed by atoms with Crippen molar-refractivity contribution in [3.05, 3.63) is 71.9 Å². The molecule has 1 saturated carbocycles. The zero-order valence-corrected chi connectivity index (χ0v) is 18.8. The van der Waals surface area contributed by atoms with Crippen LogP contribution in [-0.2, 0) is 21.2 Å². The van der Waals surface area contributed by atoms with Crippen molar-refractivity contribution in [2.75, 3.05) is 12.4 Å². The number of nitrogens with one attached hydrogen (secondary N) is 2. The van der Waals surface area contributed by atoms with Gasteiger partial charge < -0.3 is 10.1 Å². The van der Waals surface area contributed by atoms with Crippen molar-refractivity contribution in [3.63, 3.8) is 0 Å². The van der Waals surface area contributed by atoms with Crippen LogP contribution in [0.4, 0.5) is 5.82 Å². The summed E-state index contributed by atoms with van der Waals surface area (Å²) in [5.41, 5.74) is 3.54. The summed E-state index contributed by atoms with van der Waals surface area (Å²) in [7, 11) is -1.87. The third kappa shape index (κ3) is 5.15. The molecule has 1 aliphatic carbocycles. The van der Waals surface area contributed by atoms with E-state index in [0.717, 1.165) is 40.8 Å². The molecule has 0 aliphatic heterocycles. The molecule has 3 aromatic rings. The lowest BCUT2D eigenvalue weighted by Crippen LogP contribution is -2.25. The van der Waals surface area contributed by atoms with E-state index in [-0.39, 0.29) is 23.3 Å². The van der Waals surface area contributed by atoms with Crippen molar-refractivity contribution in [1.82, 2.24) is 9.71 Å². The molecular formula is C24H25N3O4S. The fraction of sp³-hybridized carbons (Fsp3) is 0.250. The third-order valence-corrected chi connectivity index (χ3v) is 6.81. The first-order valence-corrected chi connectivity index (χ1v) is 11.9. The second-order valence-electron chi connectivity index (χ2n) is 7.85. The van der Waals surface area contributed by atoms with Gasteiger partial charge in [-0.15, -0.1) is 0 Å². The van der Waals surface area contributed by atoms with E-state index < -0.39 is 10.0 Å². The van der Waals surface area contributed by atoms with E-state index >= 15 is 0 Å². The predicted molar refractivity (Wildman–Crippen MR) is 123 cm³/mol. The Labute approximate surface area is 187 Å². The number of hydrogen-bond acceptors (Lipinski definition) is 5. The number of sulfonamides is 1. The monoisotopic (exact) mass is 451 g/mol. The summed E-state index contributed by atoms with van der Waals surface area (Å²) in [6.07, 6.45) is 3.59. The highest BCUT2D eigenvalue weighted by Crippen LogP contribution is 2.32. The van der Waals surface area contributed by atoms with Gasteiger partial charge in [-0.2, -0.15) is 0 Å². The molecule has 0 bridgehead atoms. The van der Waals surface area contributed by atoms with Gasteiger partial charge in [-0.3, -0.25) is 4.79 Å². The summed E-state index contributed by atoms with van der Waals surface area (Å²) in [6.45, 7) is 1.95. The highest BCUT2D eigenvalue weighted by atomic mass is 32.2. The van der Waals surface area contributed by atoms with Crippen LogP contribution in [0.15, 0.2) is 65.7 Å². The van der Waals surface area contributed by atoms with Crippen molar-refractivity contribution in [2.45, 2.75) is 37.1 Å². The van der Waals surface area contributed by atoms with E-state index in [0.29, 0.717) is 5.82 Å². The van der Waals surface area contributed by atoms with Crippen molar-refractivity contribution in [1.29, 1.82) is 0 Å². The van der Waals surface area contributed by atoms with Crippen LogP contribution in [-0.4, -0.2) is 32.5 Å². The van der Waals surface area contributed by atoms with Crippen LogP contribution in [0.1, 0.15) is 24.0 Å². The Morgan fingerprint density at radius 3 is 2.47 bits per heavy atom. The molecule has 8 heteroatoms. The number of carbonyl (C=O) groups is 1. The fourth-order valence-corrected chi connectivity index (χ4v) is 4.73. The minimum absolute atomic E-state index is 0.0516. The van der Waals surface area contributed by atoms with Gasteiger partial charge in [0.25, 0.3) is 0 Å². The van der Waals surface area contributed by atoms with E-state index in [1.165, 1.54) is 12.1 Å². The highest BCUT2D eigenvalue weighted by Gasteiger charge is 2.27. The lowest BCUT2D eigenvalue weighted by atomic mass is 10.0. The summed E-state index contributed by atoms with van der Waals surface area (Å²) in [5.74, 6) is 0.986. The standard InChI is InChI=1S/C24H25N3O4S/c1-16-13-23(25-15-21(16)20-5-3-4-6-22(20)31-2)26-24(28)14-17-7-11-19(12-8-17)32(29,30)27-18-9-10-18/h3-8,11-13,15,18,27H,9-10,14H2,1-2H3,(H,25,26,28). The molecule has 1 heterocycles. The van der Waals surface area contributed by atoms with Crippen LogP contribution in [0.2, 0.25) is 0 Å². The van der Waals surface area contributed by atoms with E-state index in [9.17, 15) is 13.2 Å². The number of methoxy groups -OCH3 is 1. The first kappa shape index (κ1) is 22.0. The summed E-state index contributed by atoms with van der Waals surface area (Å²) in [5, 5.41) is 2.81. The predicted octanol–water partition coefficient (Wildman–Crippen LogP) is 3.69. The quantitative estimate of drug-likeness (QED) is 0.544. The summed E-state index contributed by atoms with van der Waals surface area (Å²) in [4.78, 5) is 17.1. The lowest BCUT2D eigenvalue weighted by molar-refractivity contribution is -0.115. The number of pyridine rings is 1. The largest absolute Gasteiger partial charge is 0.496 e. The number of aryl methyl sites for hydroxylation is 1. The van der Waals surface area contributed by atoms with Gasteiger partial charge in [0.1, 0.15) is 11.6 Å². The number of carbonyl (C=O) groups excluding carboxylic acids is 1. The molecule has 0 saturated heterocycles. The van der Waals surface area contributed by atoms with Crippen molar-refractivity contribution < 1.29 is 17.9 Å². The first-order valence-electron chi connectivity index (χ1n) is 10.4. The number of aromatic nitrogens is 1. The minimum Gasteiger partial charge on any atom is -0.496 e. The number of anilines is 1. The number of benzene rings is 2. The summed E-state index contributed by atoms with van der Waals surface area (Å²) < 4.78 is 32.6. The number of ether oxygens (including phenoxy) is 1. The normalized spacial score (nSPS) is 13.6. The first-order chi connectivity index (χ1) is 15.4. The second-order valence-corrected chi connectivity index (χ2v) is 9.56. The Hall–Kier alpha value is -3.23. The zero-order chi connectivity index (χ0) is 22.7. The van der Waals surface area contributed by atoms with Crippen molar-refractivity contribution >= 4 is 21.7 Å². The molecule has 1 aromatic heterocycles. The van der Waals surface area contributed by atoms with E-state index in [2.05, 4.69) is 15.0 Å². The third-order valence-electron chi connectivity index (χ3n) is 5.27. The van der Waals surface area contributed by atoms with Gasteiger partial charge in [-0.25, -0.2) is 18.1 Å². The number of rotatable bonds is 8. The Bertz CT molecular complexity index is 1240. The average Bonchev–Trinajstić information content (AvgIpc) is 3.57. The van der Waals surface area contributed by atoms with Crippen LogP contribution < -0.4 is 14.8 Å². The number of nitrogens with zero attached hydrogens (tertiary/aromatic N) is 1. The molecular weight excluding hydrogens is 426 g/mol. The topological polar surface area (TPSA) is 97.4 Å². The molecule has 2 N–H and O–H groups in total. The molecule has 1 amide bonds. The summed E-state index contributed by atoms with van der Waals surface area (Å²) >= 11 is 0. The van der Waals surface area contributed by atoms with Crippen LogP contribution in [0.3, 0.4) is 0 Å². The lowest BCUT2D eigenvalue weighted by Gasteiger charge is -2.12. The Morgan fingerprint density at radius 1 is 1.09 bits per heavy atom. The molecule has 0 unspecified atom stereocenters. The van der Waals surface area contributed by atoms with Gasteiger partial charge in [0.15, 0.2) is 0 Å². The molecule has 0 spiro atoms. The minimum atomic E-state index is -3.50. The molecule has 0 atom stereocenters. The Morgan fingerprint density at radius 2 is 1.81 bits per heavy atom. The maximum Gasteiger partial charge on any atom is 0.240 e. The van der Waals surface area contributed by atoms with Gasteiger partial charge in [0.05, 0.1) is 18.4 Å². The molecule has 32 heavy (non-hydrogen) atoms. The number of para-hydroxylation sites is 1. The van der Waals surface area contributed by atoms with Gasteiger partial charge in [0.2, 0.25) is 15.9 Å². The zero-order valence-electron chi connectivity index (χ0n) is 18.0. The van der Waals surface area contributed by atoms with E-state index in [1.807, 2.05) is 37.3 Å². The van der Waals surface area contributed by atoms with Gasteiger partial charge in [0, 0.05) is 23.4 Å². The number of amides is 1. The van der Waals surface area contributed by atoms with Crippen LogP contribution in [0, 0.1) is 6.92 Å².